The summed E-state index contributed by atoms with van der Waals surface area (Å²) >= 11 is 6.10. The summed E-state index contributed by atoms with van der Waals surface area (Å²) in [6.07, 6.45) is 8.36. The Morgan fingerprint density at radius 3 is 2.62 bits per heavy atom. The van der Waals surface area contributed by atoms with Crippen molar-refractivity contribution in [3.05, 3.63) is 28.8 Å². The Hall–Kier alpha value is -2.21. The van der Waals surface area contributed by atoms with Crippen LogP contribution in [0.5, 0.6) is 11.5 Å². The molecule has 0 N–H and O–H groups in total. The smallest absolute Gasteiger partial charge is 0.331 e. The fourth-order valence-electron chi connectivity index (χ4n) is 3.02. The van der Waals surface area contributed by atoms with Gasteiger partial charge in [-0.2, -0.15) is 0 Å². The molecule has 7 heteroatoms. The van der Waals surface area contributed by atoms with Gasteiger partial charge in [-0.15, -0.1) is 0 Å². The van der Waals surface area contributed by atoms with E-state index in [4.69, 9.17) is 25.8 Å². The molecule has 3 rings (SSSR count). The fraction of sp³-hybridized carbons (Fsp3) is 0.474. The van der Waals surface area contributed by atoms with E-state index in [1.165, 1.54) is 12.5 Å². The van der Waals surface area contributed by atoms with Crippen molar-refractivity contribution < 1.29 is 23.8 Å². The zero-order valence-electron chi connectivity index (χ0n) is 14.5. The lowest BCUT2D eigenvalue weighted by Gasteiger charge is -2.24. The number of halogens is 1. The third-order valence-corrected chi connectivity index (χ3v) is 4.69. The SMILES string of the molecule is O=C(/C=C/c1cc(Cl)c2c(c1)OCO2)OCC(=O)N1CCCCCCC1. The molecule has 1 aromatic rings. The first-order chi connectivity index (χ1) is 12.6. The largest absolute Gasteiger partial charge is 0.454 e. The van der Waals surface area contributed by atoms with Crippen molar-refractivity contribution >= 4 is 29.6 Å². The zero-order chi connectivity index (χ0) is 18.4. The van der Waals surface area contributed by atoms with Gasteiger partial charge in [0.15, 0.2) is 18.1 Å². The minimum Gasteiger partial charge on any atom is -0.454 e. The van der Waals surface area contributed by atoms with Crippen molar-refractivity contribution in [1.29, 1.82) is 0 Å². The topological polar surface area (TPSA) is 65.1 Å². The third kappa shape index (κ3) is 4.91. The number of likely N-dealkylation sites (tertiary alicyclic amines) is 1. The van der Waals surface area contributed by atoms with E-state index in [2.05, 4.69) is 0 Å². The minimum atomic E-state index is -0.570. The van der Waals surface area contributed by atoms with Crippen molar-refractivity contribution in [2.75, 3.05) is 26.5 Å². The fourth-order valence-corrected chi connectivity index (χ4v) is 3.29. The molecule has 2 aliphatic heterocycles. The van der Waals surface area contributed by atoms with Crippen LogP contribution in [0.25, 0.3) is 6.08 Å². The summed E-state index contributed by atoms with van der Waals surface area (Å²) in [5.74, 6) is 0.335. The van der Waals surface area contributed by atoms with Gasteiger partial charge < -0.3 is 19.1 Å². The summed E-state index contributed by atoms with van der Waals surface area (Å²) < 4.78 is 15.6. The first-order valence-electron chi connectivity index (χ1n) is 8.85. The second-order valence-electron chi connectivity index (χ2n) is 6.33. The molecule has 0 spiro atoms. The van der Waals surface area contributed by atoms with Crippen molar-refractivity contribution in [3.63, 3.8) is 0 Å². The van der Waals surface area contributed by atoms with Crippen molar-refractivity contribution in [2.24, 2.45) is 0 Å². The van der Waals surface area contributed by atoms with Crippen LogP contribution in [0.15, 0.2) is 18.2 Å². The van der Waals surface area contributed by atoms with Crippen molar-refractivity contribution in [1.82, 2.24) is 4.90 Å². The van der Waals surface area contributed by atoms with Crippen LogP contribution in [0.4, 0.5) is 0 Å². The maximum absolute atomic E-state index is 12.2. The lowest BCUT2D eigenvalue weighted by atomic mass is 10.1. The van der Waals surface area contributed by atoms with E-state index in [0.717, 1.165) is 38.8 Å². The van der Waals surface area contributed by atoms with Gasteiger partial charge in [0.05, 0.1) is 5.02 Å². The zero-order valence-corrected chi connectivity index (χ0v) is 15.3. The summed E-state index contributed by atoms with van der Waals surface area (Å²) in [4.78, 5) is 25.9. The van der Waals surface area contributed by atoms with Gasteiger partial charge in [0.1, 0.15) is 0 Å². The molecule has 26 heavy (non-hydrogen) atoms. The molecule has 0 aliphatic carbocycles. The Kier molecular flexibility index (Phi) is 6.39. The van der Waals surface area contributed by atoms with E-state index in [-0.39, 0.29) is 19.3 Å². The van der Waals surface area contributed by atoms with Gasteiger partial charge in [0.2, 0.25) is 6.79 Å². The summed E-state index contributed by atoms with van der Waals surface area (Å²) in [5.41, 5.74) is 0.686. The lowest BCUT2D eigenvalue weighted by Crippen LogP contribution is -2.36. The molecule has 1 saturated heterocycles. The second kappa shape index (κ2) is 8.94. The molecule has 0 aromatic heterocycles. The molecule has 1 fully saturated rings. The molecule has 6 nitrogen and oxygen atoms in total. The summed E-state index contributed by atoms with van der Waals surface area (Å²) in [6.45, 7) is 1.37. The quantitative estimate of drug-likeness (QED) is 0.592. The molecular formula is C19H22ClNO5. The number of ether oxygens (including phenoxy) is 3. The Morgan fingerprint density at radius 2 is 1.85 bits per heavy atom. The summed E-state index contributed by atoms with van der Waals surface area (Å²) in [5, 5.41) is 0.417. The van der Waals surface area contributed by atoms with Gasteiger partial charge in [-0.05, 0) is 36.6 Å². The normalized spacial score (nSPS) is 17.0. The predicted octanol–water partition coefficient (Wildman–Crippen LogP) is 3.42. The summed E-state index contributed by atoms with van der Waals surface area (Å²) in [7, 11) is 0. The monoisotopic (exact) mass is 379 g/mol. The van der Waals surface area contributed by atoms with Gasteiger partial charge in [0.25, 0.3) is 5.91 Å². The van der Waals surface area contributed by atoms with Crippen LogP contribution in [-0.2, 0) is 14.3 Å². The number of amides is 1. The average molecular weight is 380 g/mol. The summed E-state index contributed by atoms with van der Waals surface area (Å²) in [6, 6.07) is 3.40. The first-order valence-corrected chi connectivity index (χ1v) is 9.23. The van der Waals surface area contributed by atoms with Gasteiger partial charge in [-0.1, -0.05) is 30.9 Å². The molecule has 0 bridgehead atoms. The van der Waals surface area contributed by atoms with Gasteiger partial charge in [-0.25, -0.2) is 4.79 Å². The average Bonchev–Trinajstić information content (AvgIpc) is 3.07. The number of hydrogen-bond donors (Lipinski definition) is 0. The number of rotatable bonds is 4. The second-order valence-corrected chi connectivity index (χ2v) is 6.73. The van der Waals surface area contributed by atoms with Crippen molar-refractivity contribution in [3.8, 4) is 11.5 Å². The number of carbonyl (C=O) groups is 2. The minimum absolute atomic E-state index is 0.128. The Labute approximate surface area is 157 Å². The molecule has 140 valence electrons. The molecule has 2 heterocycles. The molecule has 0 saturated carbocycles. The highest BCUT2D eigenvalue weighted by Crippen LogP contribution is 2.40. The maximum Gasteiger partial charge on any atom is 0.331 e. The number of fused-ring (bicyclic) bond motifs is 1. The predicted molar refractivity (Wildman–Crippen MR) is 97.2 cm³/mol. The number of nitrogens with zero attached hydrogens (tertiary/aromatic N) is 1. The molecule has 2 aliphatic rings. The highest BCUT2D eigenvalue weighted by Gasteiger charge is 2.18. The van der Waals surface area contributed by atoms with Crippen LogP contribution < -0.4 is 9.47 Å². The Morgan fingerprint density at radius 1 is 1.12 bits per heavy atom. The van der Waals surface area contributed by atoms with Crippen LogP contribution >= 0.6 is 11.6 Å². The number of benzene rings is 1. The molecule has 0 radical (unpaired) electrons. The molecule has 0 atom stereocenters. The highest BCUT2D eigenvalue weighted by atomic mass is 35.5. The first kappa shape index (κ1) is 18.6. The molecule has 1 aromatic carbocycles. The van der Waals surface area contributed by atoms with Crippen LogP contribution in [0, 0.1) is 0 Å². The van der Waals surface area contributed by atoms with Crippen LogP contribution in [0.2, 0.25) is 5.02 Å². The van der Waals surface area contributed by atoms with Gasteiger partial charge in [0, 0.05) is 19.2 Å². The number of carbonyl (C=O) groups excluding carboxylic acids is 2. The Bertz CT molecular complexity index is 695. The highest BCUT2D eigenvalue weighted by molar-refractivity contribution is 6.32. The van der Waals surface area contributed by atoms with E-state index in [1.807, 2.05) is 0 Å². The maximum atomic E-state index is 12.2. The van der Waals surface area contributed by atoms with Gasteiger partial charge in [-0.3, -0.25) is 4.79 Å². The standard InChI is InChI=1S/C19H22ClNO5/c20-15-10-14(11-16-19(15)26-13-25-16)6-7-18(23)24-12-17(22)21-8-4-2-1-3-5-9-21/h6-7,10-11H,1-5,8-9,12-13H2/b7-6+. The molecule has 1 amide bonds. The van der Waals surface area contributed by atoms with Crippen LogP contribution in [-0.4, -0.2) is 43.3 Å². The number of hydrogen-bond acceptors (Lipinski definition) is 5. The third-order valence-electron chi connectivity index (χ3n) is 4.41. The van der Waals surface area contributed by atoms with Crippen LogP contribution in [0.1, 0.15) is 37.7 Å². The van der Waals surface area contributed by atoms with E-state index < -0.39 is 5.97 Å². The van der Waals surface area contributed by atoms with Gasteiger partial charge >= 0.3 is 5.97 Å². The van der Waals surface area contributed by atoms with Crippen LogP contribution in [0.3, 0.4) is 0 Å². The van der Waals surface area contributed by atoms with E-state index in [9.17, 15) is 9.59 Å². The molecular weight excluding hydrogens is 358 g/mol. The van der Waals surface area contributed by atoms with E-state index in [1.54, 1.807) is 23.1 Å². The number of esters is 1. The Balaban J connectivity index is 1.50. The lowest BCUT2D eigenvalue weighted by molar-refractivity contribution is -0.148. The molecule has 0 unspecified atom stereocenters. The van der Waals surface area contributed by atoms with E-state index >= 15 is 0 Å². The van der Waals surface area contributed by atoms with Crippen molar-refractivity contribution in [2.45, 2.75) is 32.1 Å². The van der Waals surface area contributed by atoms with E-state index in [0.29, 0.717) is 22.1 Å².